The maximum atomic E-state index is 12.3. The summed E-state index contributed by atoms with van der Waals surface area (Å²) in [6.07, 6.45) is 5.98. The molecule has 0 spiro atoms. The van der Waals surface area contributed by atoms with Crippen molar-refractivity contribution in [1.82, 2.24) is 4.90 Å². The number of carbonyl (C=O) groups excluding carboxylic acids is 1. The summed E-state index contributed by atoms with van der Waals surface area (Å²) in [6.45, 7) is 2.85. The van der Waals surface area contributed by atoms with Crippen LogP contribution in [0, 0.1) is 5.92 Å². The Bertz CT molecular complexity index is 736. The molecular weight excluding hydrogens is 413 g/mol. The molecule has 1 aromatic rings. The molecule has 0 radical (unpaired) electrons. The Morgan fingerprint density at radius 1 is 1.19 bits per heavy atom. The quantitative estimate of drug-likeness (QED) is 0.525. The van der Waals surface area contributed by atoms with Gasteiger partial charge < -0.3 is 4.90 Å². The summed E-state index contributed by atoms with van der Waals surface area (Å²) in [4.78, 5) is 14.6. The fraction of sp³-hybridized carbons (Fsp3) is 0.722. The standard InChI is InChI=1S/C18H25Cl2NO3S2/c19-17-12-15(18(20)25-17)16(22)5-2-13-6-9-21(10-7-13)8-1-11-26(23,24)14-3-4-14/h12-14H,1-11H2. The van der Waals surface area contributed by atoms with Gasteiger partial charge in [-0.1, -0.05) is 23.2 Å². The highest BCUT2D eigenvalue weighted by Crippen LogP contribution is 2.33. The molecule has 2 heterocycles. The summed E-state index contributed by atoms with van der Waals surface area (Å²) >= 11 is 13.2. The Balaban J connectivity index is 1.33. The van der Waals surface area contributed by atoms with E-state index in [0.717, 1.165) is 58.2 Å². The molecule has 1 aromatic heterocycles. The topological polar surface area (TPSA) is 54.5 Å². The van der Waals surface area contributed by atoms with Gasteiger partial charge in [0.1, 0.15) is 4.34 Å². The van der Waals surface area contributed by atoms with Crippen LogP contribution in [0.2, 0.25) is 8.67 Å². The van der Waals surface area contributed by atoms with Crippen LogP contribution in [0.25, 0.3) is 0 Å². The molecule has 2 aliphatic rings. The van der Waals surface area contributed by atoms with Crippen LogP contribution in [-0.2, 0) is 9.84 Å². The lowest BCUT2D eigenvalue weighted by atomic mass is 9.90. The molecule has 3 rings (SSSR count). The first-order chi connectivity index (χ1) is 12.3. The van der Waals surface area contributed by atoms with E-state index in [0.29, 0.717) is 32.3 Å². The van der Waals surface area contributed by atoms with E-state index in [1.807, 2.05) is 0 Å². The van der Waals surface area contributed by atoms with Crippen LogP contribution in [0.3, 0.4) is 0 Å². The van der Waals surface area contributed by atoms with Crippen molar-refractivity contribution in [1.29, 1.82) is 0 Å². The molecule has 4 nitrogen and oxygen atoms in total. The van der Waals surface area contributed by atoms with Gasteiger partial charge in [0.15, 0.2) is 15.6 Å². The molecule has 0 N–H and O–H groups in total. The second kappa shape index (κ2) is 8.91. The second-order valence-electron chi connectivity index (χ2n) is 7.40. The van der Waals surface area contributed by atoms with Crippen molar-refractivity contribution in [3.63, 3.8) is 0 Å². The third-order valence-electron chi connectivity index (χ3n) is 5.38. The van der Waals surface area contributed by atoms with Gasteiger partial charge in [-0.05, 0) is 70.1 Å². The summed E-state index contributed by atoms with van der Waals surface area (Å²) in [5, 5.41) is -0.0441. The minimum atomic E-state index is -2.83. The minimum absolute atomic E-state index is 0.0441. The second-order valence-corrected chi connectivity index (χ2v) is 12.1. The molecule has 0 aromatic carbocycles. The molecule has 1 aliphatic carbocycles. The molecule has 2 fully saturated rings. The van der Waals surface area contributed by atoms with Gasteiger partial charge in [0.2, 0.25) is 0 Å². The molecule has 8 heteroatoms. The lowest BCUT2D eigenvalue weighted by molar-refractivity contribution is 0.0963. The van der Waals surface area contributed by atoms with E-state index < -0.39 is 9.84 Å². The van der Waals surface area contributed by atoms with Gasteiger partial charge >= 0.3 is 0 Å². The molecule has 1 saturated carbocycles. The number of halogens is 2. The smallest absolute Gasteiger partial charge is 0.165 e. The predicted molar refractivity (Wildman–Crippen MR) is 108 cm³/mol. The number of hydrogen-bond acceptors (Lipinski definition) is 5. The average Bonchev–Trinajstić information content (AvgIpc) is 3.39. The largest absolute Gasteiger partial charge is 0.303 e. The number of carbonyl (C=O) groups is 1. The van der Waals surface area contributed by atoms with E-state index in [-0.39, 0.29) is 11.0 Å². The van der Waals surface area contributed by atoms with Gasteiger partial charge in [-0.25, -0.2) is 8.42 Å². The molecule has 26 heavy (non-hydrogen) atoms. The molecule has 0 atom stereocenters. The Hall–Kier alpha value is -0.140. The van der Waals surface area contributed by atoms with E-state index in [1.54, 1.807) is 6.07 Å². The highest BCUT2D eigenvalue weighted by atomic mass is 35.5. The highest BCUT2D eigenvalue weighted by Gasteiger charge is 2.35. The molecule has 146 valence electrons. The third kappa shape index (κ3) is 5.68. The van der Waals surface area contributed by atoms with Gasteiger partial charge in [-0.2, -0.15) is 0 Å². The maximum Gasteiger partial charge on any atom is 0.165 e. The Morgan fingerprint density at radius 3 is 2.46 bits per heavy atom. The SMILES string of the molecule is O=C(CCC1CCN(CCCS(=O)(=O)C2CC2)CC1)c1cc(Cl)sc1Cl. The van der Waals surface area contributed by atoms with Crippen LogP contribution in [0.1, 0.15) is 55.3 Å². The molecule has 0 amide bonds. The van der Waals surface area contributed by atoms with Crippen molar-refractivity contribution in [2.24, 2.45) is 5.92 Å². The number of Topliss-reactive ketones (excluding diaryl/α,β-unsaturated/α-hetero) is 1. The first-order valence-electron chi connectivity index (χ1n) is 9.27. The van der Waals surface area contributed by atoms with Crippen molar-refractivity contribution < 1.29 is 13.2 Å². The first-order valence-corrected chi connectivity index (χ1v) is 12.6. The maximum absolute atomic E-state index is 12.3. The number of nitrogens with zero attached hydrogens (tertiary/aromatic N) is 1. The van der Waals surface area contributed by atoms with Gasteiger partial charge in [0.25, 0.3) is 0 Å². The Kier molecular flexibility index (Phi) is 7.05. The third-order valence-corrected chi connectivity index (χ3v) is 9.21. The number of ketones is 1. The summed E-state index contributed by atoms with van der Waals surface area (Å²) in [5.74, 6) is 0.958. The summed E-state index contributed by atoms with van der Waals surface area (Å²) in [7, 11) is -2.83. The Morgan fingerprint density at radius 2 is 1.88 bits per heavy atom. The zero-order chi connectivity index (χ0) is 18.7. The van der Waals surface area contributed by atoms with Crippen LogP contribution in [0.4, 0.5) is 0 Å². The van der Waals surface area contributed by atoms with Crippen molar-refractivity contribution >= 4 is 50.2 Å². The molecule has 1 aliphatic heterocycles. The number of piperidine rings is 1. The fourth-order valence-corrected chi connectivity index (χ4v) is 6.80. The normalized spacial score (nSPS) is 19.8. The number of rotatable bonds is 9. The van der Waals surface area contributed by atoms with Gasteiger partial charge in [0.05, 0.1) is 15.3 Å². The lowest BCUT2D eigenvalue weighted by Gasteiger charge is -2.31. The van der Waals surface area contributed by atoms with Crippen LogP contribution in [-0.4, -0.2) is 49.7 Å². The lowest BCUT2D eigenvalue weighted by Crippen LogP contribution is -2.35. The van der Waals surface area contributed by atoms with Crippen LogP contribution >= 0.6 is 34.5 Å². The summed E-state index contributed by atoms with van der Waals surface area (Å²) < 4.78 is 24.9. The van der Waals surface area contributed by atoms with Crippen LogP contribution in [0.15, 0.2) is 6.07 Å². The van der Waals surface area contributed by atoms with Crippen molar-refractivity contribution in [2.45, 2.75) is 50.2 Å². The first kappa shape index (κ1) is 20.6. The van der Waals surface area contributed by atoms with E-state index in [9.17, 15) is 13.2 Å². The molecule has 0 unspecified atom stereocenters. The predicted octanol–water partition coefficient (Wildman–Crippen LogP) is 4.70. The molecular formula is C18H25Cl2NO3S2. The van der Waals surface area contributed by atoms with Gasteiger partial charge in [0, 0.05) is 12.0 Å². The van der Waals surface area contributed by atoms with Gasteiger partial charge in [-0.15, -0.1) is 11.3 Å². The number of hydrogen-bond donors (Lipinski definition) is 0. The fourth-order valence-electron chi connectivity index (χ4n) is 3.58. The highest BCUT2D eigenvalue weighted by molar-refractivity contribution is 7.92. The van der Waals surface area contributed by atoms with Crippen molar-refractivity contribution in [2.75, 3.05) is 25.4 Å². The summed E-state index contributed by atoms with van der Waals surface area (Å²) in [5.41, 5.74) is 0.552. The van der Waals surface area contributed by atoms with E-state index in [4.69, 9.17) is 23.2 Å². The Labute approximate surface area is 169 Å². The van der Waals surface area contributed by atoms with Crippen LogP contribution in [0.5, 0.6) is 0 Å². The monoisotopic (exact) mass is 437 g/mol. The number of thiophene rings is 1. The van der Waals surface area contributed by atoms with Gasteiger partial charge in [-0.3, -0.25) is 4.79 Å². The van der Waals surface area contributed by atoms with E-state index >= 15 is 0 Å². The average molecular weight is 438 g/mol. The number of sulfone groups is 1. The zero-order valence-electron chi connectivity index (χ0n) is 14.8. The molecule has 1 saturated heterocycles. The van der Waals surface area contributed by atoms with E-state index in [2.05, 4.69) is 4.90 Å². The van der Waals surface area contributed by atoms with E-state index in [1.165, 1.54) is 11.3 Å². The minimum Gasteiger partial charge on any atom is -0.303 e. The van der Waals surface area contributed by atoms with Crippen molar-refractivity contribution in [3.8, 4) is 0 Å². The molecule has 0 bridgehead atoms. The van der Waals surface area contributed by atoms with Crippen molar-refractivity contribution in [3.05, 3.63) is 20.3 Å². The number of likely N-dealkylation sites (tertiary alicyclic amines) is 1. The summed E-state index contributed by atoms with van der Waals surface area (Å²) in [6, 6.07) is 1.66. The zero-order valence-corrected chi connectivity index (χ0v) is 17.9. The van der Waals surface area contributed by atoms with Crippen LogP contribution < -0.4 is 0 Å².